The van der Waals surface area contributed by atoms with Gasteiger partial charge in [0.15, 0.2) is 6.61 Å². The van der Waals surface area contributed by atoms with Crippen LogP contribution in [-0.2, 0) is 20.9 Å². The Morgan fingerprint density at radius 2 is 1.67 bits per heavy atom. The van der Waals surface area contributed by atoms with E-state index in [2.05, 4.69) is 5.32 Å². The van der Waals surface area contributed by atoms with Gasteiger partial charge in [-0.2, -0.15) is 0 Å². The number of amides is 2. The third-order valence-corrected chi connectivity index (χ3v) is 4.99. The van der Waals surface area contributed by atoms with E-state index in [9.17, 15) is 23.2 Å². The fourth-order valence-corrected chi connectivity index (χ4v) is 3.23. The lowest BCUT2D eigenvalue weighted by Gasteiger charge is -2.31. The second-order valence-electron chi connectivity index (χ2n) is 7.05. The summed E-state index contributed by atoms with van der Waals surface area (Å²) >= 11 is 0. The summed E-state index contributed by atoms with van der Waals surface area (Å²) < 4.78 is 31.6. The second kappa shape index (κ2) is 9.96. The van der Waals surface area contributed by atoms with Crippen LogP contribution in [0.4, 0.5) is 8.78 Å². The van der Waals surface area contributed by atoms with Crippen molar-refractivity contribution in [2.45, 2.75) is 19.4 Å². The number of rotatable bonds is 6. The Morgan fingerprint density at radius 1 is 1.00 bits per heavy atom. The van der Waals surface area contributed by atoms with Crippen molar-refractivity contribution in [3.63, 3.8) is 0 Å². The van der Waals surface area contributed by atoms with Crippen LogP contribution < -0.4 is 5.32 Å². The minimum atomic E-state index is -0.518. The first-order valence-corrected chi connectivity index (χ1v) is 9.65. The zero-order chi connectivity index (χ0) is 21.5. The van der Waals surface area contributed by atoms with Crippen molar-refractivity contribution in [2.24, 2.45) is 5.92 Å². The summed E-state index contributed by atoms with van der Waals surface area (Å²) in [5.74, 6) is -2.46. The molecule has 1 aliphatic heterocycles. The molecule has 0 radical (unpaired) electrons. The lowest BCUT2D eigenvalue weighted by atomic mass is 9.96. The number of benzene rings is 2. The number of nitrogens with zero attached hydrogens (tertiary/aromatic N) is 1. The van der Waals surface area contributed by atoms with E-state index in [1.54, 1.807) is 23.1 Å². The van der Waals surface area contributed by atoms with Crippen molar-refractivity contribution >= 4 is 17.8 Å². The molecule has 0 aromatic heterocycles. The number of carbonyl (C=O) groups is 3. The minimum Gasteiger partial charge on any atom is -0.455 e. The average molecular weight is 416 g/mol. The van der Waals surface area contributed by atoms with Gasteiger partial charge >= 0.3 is 5.97 Å². The Balaban J connectivity index is 1.39. The summed E-state index contributed by atoms with van der Waals surface area (Å²) in [6.45, 7) is 0.305. The number of carbonyl (C=O) groups excluding carboxylic acids is 3. The van der Waals surface area contributed by atoms with Gasteiger partial charge in [0.05, 0.1) is 5.92 Å². The van der Waals surface area contributed by atoms with Gasteiger partial charge in [-0.3, -0.25) is 14.4 Å². The number of hydrogen-bond donors (Lipinski definition) is 1. The summed E-state index contributed by atoms with van der Waals surface area (Å²) in [6.07, 6.45) is 0.839. The Kier molecular flexibility index (Phi) is 7.11. The molecule has 0 saturated carbocycles. The van der Waals surface area contributed by atoms with Crippen molar-refractivity contribution in [1.82, 2.24) is 10.2 Å². The fourth-order valence-electron chi connectivity index (χ4n) is 3.23. The first-order chi connectivity index (χ1) is 14.4. The van der Waals surface area contributed by atoms with Crippen LogP contribution in [-0.4, -0.2) is 42.4 Å². The van der Waals surface area contributed by atoms with Crippen molar-refractivity contribution in [1.29, 1.82) is 0 Å². The Morgan fingerprint density at radius 3 is 2.33 bits per heavy atom. The van der Waals surface area contributed by atoms with Crippen LogP contribution in [0.5, 0.6) is 0 Å². The molecule has 1 N–H and O–H groups in total. The van der Waals surface area contributed by atoms with Crippen LogP contribution in [0.25, 0.3) is 0 Å². The van der Waals surface area contributed by atoms with Crippen molar-refractivity contribution in [2.75, 3.05) is 19.7 Å². The molecule has 1 fully saturated rings. The molecule has 158 valence electrons. The number of halogens is 2. The summed E-state index contributed by atoms with van der Waals surface area (Å²) in [4.78, 5) is 38.1. The molecule has 2 aromatic rings. The van der Waals surface area contributed by atoms with Gasteiger partial charge in [-0.05, 0) is 43.2 Å². The Hall–Kier alpha value is -3.29. The van der Waals surface area contributed by atoms with Gasteiger partial charge in [0.2, 0.25) is 0 Å². The van der Waals surface area contributed by atoms with Crippen LogP contribution >= 0.6 is 0 Å². The number of piperidine rings is 1. The molecular formula is C22H22F2N2O4. The second-order valence-corrected chi connectivity index (χ2v) is 7.05. The van der Waals surface area contributed by atoms with Gasteiger partial charge in [0.1, 0.15) is 11.6 Å². The quantitative estimate of drug-likeness (QED) is 0.735. The molecule has 1 aliphatic rings. The highest BCUT2D eigenvalue weighted by Gasteiger charge is 2.29. The molecule has 0 atom stereocenters. The van der Waals surface area contributed by atoms with Crippen molar-refractivity contribution < 1.29 is 27.9 Å². The molecule has 1 heterocycles. The average Bonchev–Trinajstić information content (AvgIpc) is 2.77. The third kappa shape index (κ3) is 5.62. The highest BCUT2D eigenvalue weighted by atomic mass is 19.1. The highest BCUT2D eigenvalue weighted by molar-refractivity contribution is 5.94. The van der Waals surface area contributed by atoms with Crippen LogP contribution in [0.3, 0.4) is 0 Å². The first kappa shape index (κ1) is 21.4. The van der Waals surface area contributed by atoms with Crippen molar-refractivity contribution in [3.05, 3.63) is 71.3 Å². The SMILES string of the molecule is O=C(COC(=O)C1CCN(C(=O)c2ccc(F)cc2)CC1)NCc1ccccc1F. The third-order valence-electron chi connectivity index (χ3n) is 4.99. The van der Waals surface area contributed by atoms with Crippen molar-refractivity contribution in [3.8, 4) is 0 Å². The molecule has 30 heavy (non-hydrogen) atoms. The molecule has 2 amide bonds. The van der Waals surface area contributed by atoms with E-state index in [-0.39, 0.29) is 12.5 Å². The molecule has 1 saturated heterocycles. The smallest absolute Gasteiger partial charge is 0.309 e. The van der Waals surface area contributed by atoms with Gasteiger partial charge in [-0.15, -0.1) is 0 Å². The predicted molar refractivity (Wildman–Crippen MR) is 104 cm³/mol. The first-order valence-electron chi connectivity index (χ1n) is 9.65. The number of ether oxygens (including phenoxy) is 1. The summed E-state index contributed by atoms with van der Waals surface area (Å²) in [5.41, 5.74) is 0.735. The largest absolute Gasteiger partial charge is 0.455 e. The number of nitrogens with one attached hydrogen (secondary N) is 1. The highest BCUT2D eigenvalue weighted by Crippen LogP contribution is 2.20. The molecule has 0 unspecified atom stereocenters. The van der Waals surface area contributed by atoms with E-state index in [1.165, 1.54) is 30.3 Å². The maximum Gasteiger partial charge on any atom is 0.309 e. The molecule has 3 rings (SSSR count). The zero-order valence-corrected chi connectivity index (χ0v) is 16.3. The minimum absolute atomic E-state index is 0.00689. The van der Waals surface area contributed by atoms with Gasteiger partial charge in [0.25, 0.3) is 11.8 Å². The van der Waals surface area contributed by atoms with Crippen LogP contribution in [0, 0.1) is 17.6 Å². The molecule has 0 aliphatic carbocycles. The predicted octanol–water partition coefficient (Wildman–Crippen LogP) is 2.68. The number of esters is 1. The Bertz CT molecular complexity index is 910. The standard InChI is InChI=1S/C22H22F2N2O4/c23-18-7-5-15(6-8-18)21(28)26-11-9-16(10-12-26)22(29)30-14-20(27)25-13-17-3-1-2-4-19(17)24/h1-8,16H,9-14H2,(H,25,27). The molecule has 0 bridgehead atoms. The fraction of sp³-hybridized carbons (Fsp3) is 0.318. The van der Waals surface area contributed by atoms with E-state index in [1.807, 2.05) is 0 Å². The monoisotopic (exact) mass is 416 g/mol. The van der Waals surface area contributed by atoms with Crippen LogP contribution in [0.1, 0.15) is 28.8 Å². The molecule has 2 aromatic carbocycles. The molecule has 8 heteroatoms. The molecule has 0 spiro atoms. The van der Waals surface area contributed by atoms with Crippen LogP contribution in [0.15, 0.2) is 48.5 Å². The van der Waals surface area contributed by atoms with Gasteiger partial charge in [0, 0.05) is 30.8 Å². The van der Waals surface area contributed by atoms with E-state index in [0.717, 1.165) is 0 Å². The lowest BCUT2D eigenvalue weighted by molar-refractivity contribution is -0.153. The molecular weight excluding hydrogens is 394 g/mol. The van der Waals surface area contributed by atoms with E-state index < -0.39 is 36.0 Å². The molecule has 6 nitrogen and oxygen atoms in total. The van der Waals surface area contributed by atoms with Gasteiger partial charge < -0.3 is 15.0 Å². The van der Waals surface area contributed by atoms with Crippen LogP contribution in [0.2, 0.25) is 0 Å². The summed E-state index contributed by atoms with van der Waals surface area (Å²) in [6, 6.07) is 11.4. The normalized spacial score (nSPS) is 14.3. The number of hydrogen-bond acceptors (Lipinski definition) is 4. The summed E-state index contributed by atoms with van der Waals surface area (Å²) in [7, 11) is 0. The van der Waals surface area contributed by atoms with Gasteiger partial charge in [-0.25, -0.2) is 8.78 Å². The van der Waals surface area contributed by atoms with E-state index in [0.29, 0.717) is 37.1 Å². The number of likely N-dealkylation sites (tertiary alicyclic amines) is 1. The topological polar surface area (TPSA) is 75.7 Å². The van der Waals surface area contributed by atoms with E-state index >= 15 is 0 Å². The maximum atomic E-state index is 13.5. The van der Waals surface area contributed by atoms with E-state index in [4.69, 9.17) is 4.74 Å². The Labute approximate surface area is 172 Å². The maximum absolute atomic E-state index is 13.5. The van der Waals surface area contributed by atoms with Gasteiger partial charge in [-0.1, -0.05) is 18.2 Å². The lowest BCUT2D eigenvalue weighted by Crippen LogP contribution is -2.41. The summed E-state index contributed by atoms with van der Waals surface area (Å²) in [5, 5.41) is 2.51. The zero-order valence-electron chi connectivity index (χ0n) is 16.3.